The van der Waals surface area contributed by atoms with Gasteiger partial charge in [0, 0.05) is 14.5 Å². The van der Waals surface area contributed by atoms with Crippen molar-refractivity contribution in [2.24, 2.45) is 0 Å². The third kappa shape index (κ3) is 14.2. The van der Waals surface area contributed by atoms with Gasteiger partial charge in [-0.15, -0.1) is 0 Å². The normalized spacial score (nSPS) is 11.7. The first-order valence-corrected chi connectivity index (χ1v) is 15.4. The number of hydrogen-bond donors (Lipinski definition) is 0. The molecule has 0 aliphatic carbocycles. The molecule has 0 aliphatic rings. The Morgan fingerprint density at radius 1 is 0.630 bits per heavy atom. The molecule has 0 fully saturated rings. The van der Waals surface area contributed by atoms with Gasteiger partial charge in [0.25, 0.3) is 0 Å². The lowest BCUT2D eigenvalue weighted by Crippen LogP contribution is -2.26. The smallest absolute Gasteiger partial charge is 0.0672 e. The average molecular weight is 423 g/mol. The van der Waals surface area contributed by atoms with E-state index >= 15 is 0 Å². The lowest BCUT2D eigenvalue weighted by molar-refractivity contribution is -0.302. The molecule has 0 aromatic rings. The quantitative estimate of drug-likeness (QED) is 0.398. The van der Waals surface area contributed by atoms with E-state index in [0.29, 0.717) is 6.08 Å². The summed E-state index contributed by atoms with van der Waals surface area (Å²) < 4.78 is 0. The summed E-state index contributed by atoms with van der Waals surface area (Å²) in [6, 6.07) is 0. The van der Waals surface area contributed by atoms with Gasteiger partial charge >= 0.3 is 0 Å². The first-order valence-electron chi connectivity index (χ1n) is 10.3. The van der Waals surface area contributed by atoms with Gasteiger partial charge in [-0.25, -0.2) is 0 Å². The predicted octanol–water partition coefficient (Wildman–Crippen LogP) is 3.60. The van der Waals surface area contributed by atoms with Gasteiger partial charge in [0.2, 0.25) is 0 Å². The molecule has 0 aromatic carbocycles. The van der Waals surface area contributed by atoms with E-state index in [0.717, 1.165) is 6.92 Å². The highest BCUT2D eigenvalue weighted by Crippen LogP contribution is 2.57. The van der Waals surface area contributed by atoms with E-state index in [4.69, 9.17) is 0 Å². The molecule has 0 rings (SSSR count). The van der Waals surface area contributed by atoms with Crippen molar-refractivity contribution in [3.63, 3.8) is 0 Å². The van der Waals surface area contributed by atoms with Gasteiger partial charge in [-0.1, -0.05) is 0 Å². The van der Waals surface area contributed by atoms with Crippen molar-refractivity contribution in [2.45, 2.75) is 62.3 Å². The zero-order chi connectivity index (χ0) is 22.1. The fourth-order valence-corrected chi connectivity index (χ4v) is 8.29. The molecule has 162 valence electrons. The fraction of sp³-hybridized carbons (Fsp3) is 0.810. The first-order chi connectivity index (χ1) is 12.5. The highest BCUT2D eigenvalue weighted by atomic mass is 31.2. The Morgan fingerprint density at radius 3 is 0.889 bits per heavy atom. The number of carboxylic acids is 2. The molecule has 0 unspecified atom stereocenters. The summed E-state index contributed by atoms with van der Waals surface area (Å²) >= 11 is 0. The number of rotatable bonds is 10. The number of carbonyl (C=O) groups excluding carboxylic acids is 2. The minimum Gasteiger partial charge on any atom is -0.545 e. The van der Waals surface area contributed by atoms with Crippen LogP contribution in [0.5, 0.6) is 0 Å². The van der Waals surface area contributed by atoms with Crippen LogP contribution in [0, 0.1) is 0 Å². The summed E-state index contributed by atoms with van der Waals surface area (Å²) in [7, 11) is -0.840. The number of carbonyl (C=O) groups is 2. The van der Waals surface area contributed by atoms with Crippen LogP contribution in [0.2, 0.25) is 0 Å². The number of aliphatic carboxylic acids is 2. The van der Waals surface area contributed by atoms with Crippen LogP contribution in [0.1, 0.15) is 62.3 Å². The second-order valence-electron chi connectivity index (χ2n) is 6.65. The van der Waals surface area contributed by atoms with E-state index < -0.39 is 26.5 Å². The summed E-state index contributed by atoms with van der Waals surface area (Å²) in [5.41, 5.74) is -0.352. The third-order valence-corrected chi connectivity index (χ3v) is 16.8. The predicted molar refractivity (Wildman–Crippen MR) is 122 cm³/mol. The Bertz CT molecular complexity index is 371. The van der Waals surface area contributed by atoms with Gasteiger partial charge in [0.15, 0.2) is 0 Å². The van der Waals surface area contributed by atoms with Crippen LogP contribution in [-0.4, -0.2) is 61.2 Å². The van der Waals surface area contributed by atoms with E-state index in [1.807, 2.05) is 0 Å². The topological polar surface area (TPSA) is 80.3 Å². The zero-order valence-electron chi connectivity index (χ0n) is 19.3. The first kappa shape index (κ1) is 31.2. The largest absolute Gasteiger partial charge is 0.545 e. The molecule has 0 aromatic heterocycles. The molecule has 0 saturated heterocycles. The van der Waals surface area contributed by atoms with Crippen LogP contribution in [0.15, 0.2) is 11.6 Å². The molecule has 0 heterocycles. The molecular weight excluding hydrogens is 378 g/mol. The summed E-state index contributed by atoms with van der Waals surface area (Å²) in [4.78, 5) is 19.4. The minimum atomic E-state index is -1.53. The lowest BCUT2D eigenvalue weighted by atomic mass is 10.3. The van der Waals surface area contributed by atoms with Crippen molar-refractivity contribution < 1.29 is 19.8 Å². The molecule has 0 radical (unpaired) electrons. The van der Waals surface area contributed by atoms with Gasteiger partial charge in [-0.05, 0) is 74.0 Å². The molecule has 0 atom stereocenters. The van der Waals surface area contributed by atoms with Gasteiger partial charge in [-0.3, -0.25) is 0 Å². The van der Waals surface area contributed by atoms with Crippen molar-refractivity contribution in [3.05, 3.63) is 11.6 Å². The summed E-state index contributed by atoms with van der Waals surface area (Å²) in [5.74, 6) is -3.03. The second-order valence-corrected chi connectivity index (χ2v) is 17.1. The maximum atomic E-state index is 9.76. The zero-order valence-corrected chi connectivity index (χ0v) is 21.1. The molecule has 27 heavy (non-hydrogen) atoms. The molecular formula is C21H44O4P2. The monoisotopic (exact) mass is 422 g/mol. The summed E-state index contributed by atoms with van der Waals surface area (Å²) in [6.07, 6.45) is 12.1. The standard InChI is InChI=1S/2C8H20P.C5H6O4/c2*1-5-9(6-2,7-3)8-4;1-3(5(8)9)2-4(6)7/h2*5-8H2,1-4H3;2H,1H3,(H,6,7)(H,8,9)/q2*+1;/p-2/b;;3-2-. The van der Waals surface area contributed by atoms with E-state index in [1.54, 1.807) is 0 Å². The van der Waals surface area contributed by atoms with E-state index in [2.05, 4.69) is 55.4 Å². The average Bonchev–Trinajstić information content (AvgIpc) is 2.67. The van der Waals surface area contributed by atoms with Gasteiger partial charge in [-0.2, -0.15) is 0 Å². The maximum Gasteiger partial charge on any atom is 0.0672 e. The molecule has 0 N–H and O–H groups in total. The van der Waals surface area contributed by atoms with E-state index in [9.17, 15) is 19.8 Å². The molecule has 4 nitrogen and oxygen atoms in total. The highest BCUT2D eigenvalue weighted by Gasteiger charge is 2.28. The molecule has 0 amide bonds. The fourth-order valence-electron chi connectivity index (χ4n) is 2.92. The van der Waals surface area contributed by atoms with Crippen LogP contribution in [0.4, 0.5) is 0 Å². The van der Waals surface area contributed by atoms with Crippen LogP contribution < -0.4 is 10.2 Å². The Kier molecular flexibility index (Phi) is 20.4. The van der Waals surface area contributed by atoms with Crippen molar-refractivity contribution in [1.82, 2.24) is 0 Å². The Labute approximate surface area is 169 Å². The van der Waals surface area contributed by atoms with Crippen molar-refractivity contribution in [1.29, 1.82) is 0 Å². The van der Waals surface area contributed by atoms with Crippen molar-refractivity contribution in [3.8, 4) is 0 Å². The van der Waals surface area contributed by atoms with Gasteiger partial charge in [0.1, 0.15) is 0 Å². The maximum absolute atomic E-state index is 9.76. The summed E-state index contributed by atoms with van der Waals surface area (Å²) in [5, 5.41) is 19.4. The summed E-state index contributed by atoms with van der Waals surface area (Å²) in [6.45, 7) is 19.9. The number of hydrogen-bond acceptors (Lipinski definition) is 4. The van der Waals surface area contributed by atoms with Crippen LogP contribution in [-0.2, 0) is 9.59 Å². The Balaban J connectivity index is -0.000000320. The van der Waals surface area contributed by atoms with Crippen molar-refractivity contribution >= 4 is 26.5 Å². The van der Waals surface area contributed by atoms with Crippen LogP contribution >= 0.6 is 14.5 Å². The molecule has 6 heteroatoms. The molecule has 0 saturated carbocycles. The minimum absolute atomic E-state index is 0.352. The van der Waals surface area contributed by atoms with Crippen LogP contribution in [0.25, 0.3) is 0 Å². The molecule has 0 spiro atoms. The second kappa shape index (κ2) is 17.6. The molecule has 0 bridgehead atoms. The number of carboxylic acid groups (broad SMARTS) is 2. The van der Waals surface area contributed by atoms with E-state index in [-0.39, 0.29) is 5.57 Å². The highest BCUT2D eigenvalue weighted by molar-refractivity contribution is 7.76. The third-order valence-electron chi connectivity index (χ3n) is 6.02. The van der Waals surface area contributed by atoms with E-state index in [1.165, 1.54) is 49.3 Å². The Hall–Kier alpha value is -0.460. The Morgan fingerprint density at radius 2 is 0.852 bits per heavy atom. The lowest BCUT2D eigenvalue weighted by Gasteiger charge is -2.20. The molecule has 0 aliphatic heterocycles. The van der Waals surface area contributed by atoms with Crippen molar-refractivity contribution in [2.75, 3.05) is 49.3 Å². The van der Waals surface area contributed by atoms with Gasteiger partial charge < -0.3 is 19.8 Å². The van der Waals surface area contributed by atoms with Crippen LogP contribution in [0.3, 0.4) is 0 Å². The van der Waals surface area contributed by atoms with Gasteiger partial charge in [0.05, 0.1) is 61.2 Å². The SMILES string of the molecule is C/C(=C/C(=O)[O-])C(=O)[O-].CC[P+](CC)(CC)CC.CC[P+](CC)(CC)CC.